The molecule has 0 aliphatic rings. The van der Waals surface area contributed by atoms with Gasteiger partial charge < -0.3 is 11.5 Å². The molecule has 0 aromatic heterocycles. The highest BCUT2D eigenvalue weighted by Crippen LogP contribution is 1.59. The van der Waals surface area contributed by atoms with E-state index in [1.807, 2.05) is 0 Å². The van der Waals surface area contributed by atoms with Gasteiger partial charge in [0.2, 0.25) is 0 Å². The van der Waals surface area contributed by atoms with E-state index in [0.717, 1.165) is 0 Å². The van der Waals surface area contributed by atoms with Crippen LogP contribution in [0.5, 0.6) is 0 Å². The molecule has 4 N–H and O–H groups in total. The van der Waals surface area contributed by atoms with E-state index < -0.39 is 6.17 Å². The van der Waals surface area contributed by atoms with Crippen molar-refractivity contribution in [2.24, 2.45) is 11.5 Å². The zero-order valence-electron chi connectivity index (χ0n) is 3.52. The molecule has 6 heavy (non-hydrogen) atoms. The first-order valence-corrected chi connectivity index (χ1v) is 1.64. The molecule has 0 bridgehead atoms. The lowest BCUT2D eigenvalue weighted by molar-refractivity contribution is 0.877. The minimum absolute atomic E-state index is 0.400. The number of hydrogen-bond donors (Lipinski definition) is 2. The predicted molar refractivity (Wildman–Crippen MR) is 25.9 cm³/mol. The van der Waals surface area contributed by atoms with Gasteiger partial charge in [0.05, 0.1) is 6.17 Å². The SMILES string of the molecule is C=C=CC(N)N. The molecule has 0 rings (SSSR count). The van der Waals surface area contributed by atoms with Crippen LogP contribution in [-0.4, -0.2) is 6.17 Å². The van der Waals surface area contributed by atoms with E-state index in [1.165, 1.54) is 6.08 Å². The van der Waals surface area contributed by atoms with Crippen molar-refractivity contribution < 1.29 is 0 Å². The Bertz CT molecular complexity index is 69.6. The highest BCUT2D eigenvalue weighted by molar-refractivity contribution is 4.82. The average molecular weight is 84.1 g/mol. The van der Waals surface area contributed by atoms with Gasteiger partial charge in [0.1, 0.15) is 0 Å². The third-order valence-electron chi connectivity index (χ3n) is 0.310. The van der Waals surface area contributed by atoms with Crippen LogP contribution in [0.2, 0.25) is 0 Å². The Balaban J connectivity index is 3.29. The fourth-order valence-electron chi connectivity index (χ4n) is 0.136. The Hall–Kier alpha value is -0.560. The second kappa shape index (κ2) is 2.67. The van der Waals surface area contributed by atoms with E-state index in [1.54, 1.807) is 0 Å². The molecule has 0 unspecified atom stereocenters. The highest BCUT2D eigenvalue weighted by Gasteiger charge is 1.75. The molecule has 0 amide bonds. The first kappa shape index (κ1) is 5.44. The van der Waals surface area contributed by atoms with Gasteiger partial charge >= 0.3 is 0 Å². The predicted octanol–water partition coefficient (Wildman–Crippen LogP) is -0.429. The number of rotatable bonds is 1. The molecule has 0 heterocycles. The quantitative estimate of drug-likeness (QED) is 0.334. The van der Waals surface area contributed by atoms with Gasteiger partial charge in [-0.05, 0) is 6.08 Å². The lowest BCUT2D eigenvalue weighted by Gasteiger charge is -1.87. The zero-order chi connectivity index (χ0) is 4.99. The Morgan fingerprint density at radius 2 is 2.17 bits per heavy atom. The molecule has 34 valence electrons. The summed E-state index contributed by atoms with van der Waals surface area (Å²) < 4.78 is 0. The van der Waals surface area contributed by atoms with Gasteiger partial charge in [-0.15, -0.1) is 5.73 Å². The second-order valence-corrected chi connectivity index (χ2v) is 0.948. The molecule has 0 saturated heterocycles. The molecule has 2 heteroatoms. The molecule has 0 aliphatic heterocycles. The van der Waals surface area contributed by atoms with Crippen LogP contribution in [0.25, 0.3) is 0 Å². The molecule has 0 spiro atoms. The summed E-state index contributed by atoms with van der Waals surface area (Å²) in [7, 11) is 0. The molecule has 0 radical (unpaired) electrons. The van der Waals surface area contributed by atoms with E-state index in [4.69, 9.17) is 11.5 Å². The molecular weight excluding hydrogens is 76.1 g/mol. The summed E-state index contributed by atoms with van der Waals surface area (Å²) in [6, 6.07) is 0. The van der Waals surface area contributed by atoms with E-state index in [-0.39, 0.29) is 0 Å². The van der Waals surface area contributed by atoms with Gasteiger partial charge in [-0.3, -0.25) is 0 Å². The first-order valence-electron chi connectivity index (χ1n) is 1.64. The van der Waals surface area contributed by atoms with Crippen LogP contribution in [0.15, 0.2) is 18.4 Å². The van der Waals surface area contributed by atoms with Gasteiger partial charge in [-0.2, -0.15) is 0 Å². The Morgan fingerprint density at radius 3 is 2.17 bits per heavy atom. The molecule has 0 aromatic carbocycles. The Morgan fingerprint density at radius 1 is 1.67 bits per heavy atom. The van der Waals surface area contributed by atoms with Crippen LogP contribution in [0.1, 0.15) is 0 Å². The standard InChI is InChI=1S/C4H8N2/c1-2-3-4(5)6/h3-4H,1,5-6H2. The molecule has 2 nitrogen and oxygen atoms in total. The Labute approximate surface area is 37.1 Å². The maximum Gasteiger partial charge on any atom is 0.0788 e. The van der Waals surface area contributed by atoms with Crippen LogP contribution < -0.4 is 11.5 Å². The molecule has 0 fully saturated rings. The summed E-state index contributed by atoms with van der Waals surface area (Å²) in [5.41, 5.74) is 12.5. The first-order chi connectivity index (χ1) is 2.77. The van der Waals surface area contributed by atoms with Gasteiger partial charge in [-0.1, -0.05) is 6.58 Å². The molecule has 0 aliphatic carbocycles. The summed E-state index contributed by atoms with van der Waals surface area (Å²) in [5, 5.41) is 0. The topological polar surface area (TPSA) is 52.0 Å². The van der Waals surface area contributed by atoms with Crippen LogP contribution >= 0.6 is 0 Å². The van der Waals surface area contributed by atoms with Crippen molar-refractivity contribution in [1.29, 1.82) is 0 Å². The molecule has 0 atom stereocenters. The summed E-state index contributed by atoms with van der Waals surface area (Å²) in [4.78, 5) is 0. The monoisotopic (exact) mass is 84.1 g/mol. The van der Waals surface area contributed by atoms with Crippen molar-refractivity contribution >= 4 is 0 Å². The van der Waals surface area contributed by atoms with Crippen LogP contribution in [0.3, 0.4) is 0 Å². The average Bonchev–Trinajstić information content (AvgIpc) is 1.35. The van der Waals surface area contributed by atoms with E-state index >= 15 is 0 Å². The lowest BCUT2D eigenvalue weighted by Crippen LogP contribution is -2.26. The van der Waals surface area contributed by atoms with Gasteiger partial charge in [-0.25, -0.2) is 0 Å². The fraction of sp³-hybridized carbons (Fsp3) is 0.250. The normalized spacial score (nSPS) is 7.83. The Kier molecular flexibility index (Phi) is 2.42. The van der Waals surface area contributed by atoms with Crippen LogP contribution in [0, 0.1) is 0 Å². The van der Waals surface area contributed by atoms with Crippen molar-refractivity contribution in [3.8, 4) is 0 Å². The van der Waals surface area contributed by atoms with Crippen molar-refractivity contribution in [3.63, 3.8) is 0 Å². The van der Waals surface area contributed by atoms with Crippen LogP contribution in [-0.2, 0) is 0 Å². The smallest absolute Gasteiger partial charge is 0.0788 e. The van der Waals surface area contributed by atoms with Crippen molar-refractivity contribution in [1.82, 2.24) is 0 Å². The largest absolute Gasteiger partial charge is 0.312 e. The van der Waals surface area contributed by atoms with Crippen molar-refractivity contribution in [2.45, 2.75) is 6.17 Å². The van der Waals surface area contributed by atoms with Crippen molar-refractivity contribution in [3.05, 3.63) is 18.4 Å². The number of hydrogen-bond acceptors (Lipinski definition) is 2. The summed E-state index contributed by atoms with van der Waals surface area (Å²) in [6.45, 7) is 3.26. The van der Waals surface area contributed by atoms with E-state index in [0.29, 0.717) is 0 Å². The van der Waals surface area contributed by atoms with Gasteiger partial charge in [0.15, 0.2) is 0 Å². The molecule has 0 aromatic rings. The third kappa shape index (κ3) is 3.44. The minimum Gasteiger partial charge on any atom is -0.312 e. The van der Waals surface area contributed by atoms with E-state index in [2.05, 4.69) is 12.3 Å². The van der Waals surface area contributed by atoms with Crippen LogP contribution in [0.4, 0.5) is 0 Å². The second-order valence-electron chi connectivity index (χ2n) is 0.948. The molecule has 0 saturated carbocycles. The third-order valence-corrected chi connectivity index (χ3v) is 0.310. The summed E-state index contributed by atoms with van der Waals surface area (Å²) >= 11 is 0. The molecular formula is C4H8N2. The minimum atomic E-state index is -0.400. The lowest BCUT2D eigenvalue weighted by atomic mass is 10.5. The fourth-order valence-corrected chi connectivity index (χ4v) is 0.136. The maximum absolute atomic E-state index is 5.02. The zero-order valence-corrected chi connectivity index (χ0v) is 3.52. The maximum atomic E-state index is 5.02. The number of nitrogens with two attached hydrogens (primary N) is 2. The summed E-state index contributed by atoms with van der Waals surface area (Å²) in [6.07, 6.45) is 1.09. The highest BCUT2D eigenvalue weighted by atomic mass is 14.8. The summed E-state index contributed by atoms with van der Waals surface area (Å²) in [5.74, 6) is 0. The van der Waals surface area contributed by atoms with Crippen molar-refractivity contribution in [2.75, 3.05) is 0 Å². The van der Waals surface area contributed by atoms with Gasteiger partial charge in [0, 0.05) is 0 Å². The van der Waals surface area contributed by atoms with E-state index in [9.17, 15) is 0 Å². The van der Waals surface area contributed by atoms with Gasteiger partial charge in [0.25, 0.3) is 0 Å².